The Morgan fingerprint density at radius 1 is 1.15 bits per heavy atom. The number of carbonyl (C=O) groups is 1. The van der Waals surface area contributed by atoms with Crippen molar-refractivity contribution in [1.29, 1.82) is 0 Å². The van der Waals surface area contributed by atoms with Gasteiger partial charge in [-0.05, 0) is 43.5 Å². The number of carbonyl (C=O) groups excluding carboxylic acids is 1. The van der Waals surface area contributed by atoms with E-state index < -0.39 is 0 Å². The van der Waals surface area contributed by atoms with E-state index in [0.29, 0.717) is 6.61 Å². The summed E-state index contributed by atoms with van der Waals surface area (Å²) in [6, 6.07) is 20.5. The number of fused-ring (bicyclic) bond motifs is 3. The Morgan fingerprint density at radius 2 is 1.92 bits per heavy atom. The third kappa shape index (κ3) is 3.51. The van der Waals surface area contributed by atoms with Crippen molar-refractivity contribution in [2.75, 3.05) is 0 Å². The summed E-state index contributed by atoms with van der Waals surface area (Å²) in [5.41, 5.74) is 3.47. The highest BCUT2D eigenvalue weighted by atomic mass is 32.1. The third-order valence-corrected chi connectivity index (χ3v) is 5.84. The SMILES string of the molecule is CC(CCc1ccccc1)NC(=O)c1cc2c(s1)-c1ccccc1OC2. The van der Waals surface area contributed by atoms with E-state index in [-0.39, 0.29) is 11.9 Å². The predicted octanol–water partition coefficient (Wildman–Crippen LogP) is 5.06. The molecule has 2 heterocycles. The van der Waals surface area contributed by atoms with Gasteiger partial charge in [0.15, 0.2) is 0 Å². The van der Waals surface area contributed by atoms with Crippen molar-refractivity contribution in [3.8, 4) is 16.2 Å². The molecule has 1 unspecified atom stereocenters. The monoisotopic (exact) mass is 363 g/mol. The van der Waals surface area contributed by atoms with Crippen LogP contribution in [0, 0.1) is 0 Å². The number of thiophene rings is 1. The quantitative estimate of drug-likeness (QED) is 0.688. The van der Waals surface area contributed by atoms with Crippen LogP contribution in [-0.4, -0.2) is 11.9 Å². The van der Waals surface area contributed by atoms with Crippen LogP contribution in [0.5, 0.6) is 5.75 Å². The molecule has 2 aromatic carbocycles. The van der Waals surface area contributed by atoms with Crippen LogP contribution in [0.2, 0.25) is 0 Å². The van der Waals surface area contributed by atoms with Crippen LogP contribution in [0.3, 0.4) is 0 Å². The molecular formula is C22H21NO2S. The Morgan fingerprint density at radius 3 is 2.77 bits per heavy atom. The number of ether oxygens (including phenoxy) is 1. The number of hydrogen-bond donors (Lipinski definition) is 1. The molecule has 0 aliphatic carbocycles. The Bertz CT molecular complexity index is 917. The first-order valence-electron chi connectivity index (χ1n) is 8.90. The lowest BCUT2D eigenvalue weighted by atomic mass is 10.1. The average molecular weight is 363 g/mol. The van der Waals surface area contributed by atoms with Crippen molar-refractivity contribution in [2.45, 2.75) is 32.4 Å². The molecule has 1 amide bonds. The van der Waals surface area contributed by atoms with Gasteiger partial charge in [-0.15, -0.1) is 11.3 Å². The second-order valence-corrected chi connectivity index (χ2v) is 7.70. The minimum absolute atomic E-state index is 0.00226. The summed E-state index contributed by atoms with van der Waals surface area (Å²) in [6.07, 6.45) is 1.89. The first-order chi connectivity index (χ1) is 12.7. The van der Waals surface area contributed by atoms with Gasteiger partial charge in [-0.1, -0.05) is 42.5 Å². The molecule has 4 heteroatoms. The van der Waals surface area contributed by atoms with Crippen LogP contribution < -0.4 is 10.1 Å². The van der Waals surface area contributed by atoms with Gasteiger partial charge < -0.3 is 10.1 Å². The molecule has 4 rings (SSSR count). The highest BCUT2D eigenvalue weighted by Crippen LogP contribution is 2.42. The smallest absolute Gasteiger partial charge is 0.261 e. The van der Waals surface area contributed by atoms with Crippen molar-refractivity contribution >= 4 is 17.2 Å². The molecule has 1 aliphatic heterocycles. The fraction of sp³-hybridized carbons (Fsp3) is 0.227. The maximum atomic E-state index is 12.7. The van der Waals surface area contributed by atoms with E-state index in [2.05, 4.69) is 36.5 Å². The van der Waals surface area contributed by atoms with Crippen molar-refractivity contribution in [3.05, 3.63) is 76.7 Å². The van der Waals surface area contributed by atoms with Gasteiger partial charge in [-0.3, -0.25) is 4.79 Å². The van der Waals surface area contributed by atoms with Gasteiger partial charge in [0.05, 0.1) is 4.88 Å². The Labute approximate surface area is 157 Å². The fourth-order valence-corrected chi connectivity index (χ4v) is 4.31. The third-order valence-electron chi connectivity index (χ3n) is 4.63. The summed E-state index contributed by atoms with van der Waals surface area (Å²) in [5, 5.41) is 3.13. The molecule has 132 valence electrons. The van der Waals surface area contributed by atoms with Crippen LogP contribution >= 0.6 is 11.3 Å². The van der Waals surface area contributed by atoms with E-state index in [9.17, 15) is 4.79 Å². The van der Waals surface area contributed by atoms with Crippen LogP contribution in [-0.2, 0) is 13.0 Å². The topological polar surface area (TPSA) is 38.3 Å². The Hall–Kier alpha value is -2.59. The van der Waals surface area contributed by atoms with E-state index in [1.807, 2.05) is 36.4 Å². The van der Waals surface area contributed by atoms with E-state index in [0.717, 1.165) is 39.5 Å². The molecule has 0 saturated heterocycles. The molecule has 1 atom stereocenters. The standard InChI is InChI=1S/C22H21NO2S/c1-15(11-12-16-7-3-2-4-8-16)23-22(24)20-13-17-14-25-19-10-6-5-9-18(19)21(17)26-20/h2-10,13,15H,11-12,14H2,1H3,(H,23,24). The highest BCUT2D eigenvalue weighted by Gasteiger charge is 2.22. The normalized spacial score (nSPS) is 13.3. The summed E-state index contributed by atoms with van der Waals surface area (Å²) < 4.78 is 5.79. The van der Waals surface area contributed by atoms with Crippen LogP contribution in [0.25, 0.3) is 10.4 Å². The minimum atomic E-state index is 0.00226. The van der Waals surface area contributed by atoms with E-state index >= 15 is 0 Å². The minimum Gasteiger partial charge on any atom is -0.488 e. The number of benzene rings is 2. The van der Waals surface area contributed by atoms with Gasteiger partial charge in [0.1, 0.15) is 12.4 Å². The van der Waals surface area contributed by atoms with Gasteiger partial charge in [0, 0.05) is 22.0 Å². The molecule has 1 aliphatic rings. The van der Waals surface area contributed by atoms with E-state index in [4.69, 9.17) is 4.74 Å². The second-order valence-electron chi connectivity index (χ2n) is 6.65. The number of amides is 1. The lowest BCUT2D eigenvalue weighted by molar-refractivity contribution is 0.0942. The molecule has 0 radical (unpaired) electrons. The average Bonchev–Trinajstić information content (AvgIpc) is 3.12. The van der Waals surface area contributed by atoms with Gasteiger partial charge in [0.2, 0.25) is 0 Å². The zero-order valence-corrected chi connectivity index (χ0v) is 15.5. The number of aryl methyl sites for hydroxylation is 1. The van der Waals surface area contributed by atoms with Crippen molar-refractivity contribution in [3.63, 3.8) is 0 Å². The van der Waals surface area contributed by atoms with Crippen molar-refractivity contribution < 1.29 is 9.53 Å². The van der Waals surface area contributed by atoms with Gasteiger partial charge in [0.25, 0.3) is 5.91 Å². The molecule has 26 heavy (non-hydrogen) atoms. The molecule has 0 fully saturated rings. The summed E-state index contributed by atoms with van der Waals surface area (Å²) in [7, 11) is 0. The maximum absolute atomic E-state index is 12.7. The molecule has 1 N–H and O–H groups in total. The Balaban J connectivity index is 1.42. The zero-order chi connectivity index (χ0) is 17.9. The van der Waals surface area contributed by atoms with Crippen molar-refractivity contribution in [1.82, 2.24) is 5.32 Å². The molecule has 0 bridgehead atoms. The second kappa shape index (κ2) is 7.34. The van der Waals surface area contributed by atoms with E-state index in [1.54, 1.807) is 11.3 Å². The summed E-state index contributed by atoms with van der Waals surface area (Å²) in [6.45, 7) is 2.59. The van der Waals surface area contributed by atoms with Gasteiger partial charge in [-0.2, -0.15) is 0 Å². The summed E-state index contributed by atoms with van der Waals surface area (Å²) in [5.74, 6) is 0.896. The fourth-order valence-electron chi connectivity index (χ4n) is 3.21. The summed E-state index contributed by atoms with van der Waals surface area (Å²) >= 11 is 1.55. The summed E-state index contributed by atoms with van der Waals surface area (Å²) in [4.78, 5) is 14.6. The number of hydrogen-bond acceptors (Lipinski definition) is 3. The lowest BCUT2D eigenvalue weighted by Crippen LogP contribution is -2.32. The zero-order valence-electron chi connectivity index (χ0n) is 14.7. The molecule has 3 aromatic rings. The number of nitrogens with one attached hydrogen (secondary N) is 1. The first kappa shape index (κ1) is 16.9. The molecule has 0 saturated carbocycles. The molecular weight excluding hydrogens is 342 g/mol. The maximum Gasteiger partial charge on any atom is 0.261 e. The van der Waals surface area contributed by atoms with Crippen molar-refractivity contribution in [2.24, 2.45) is 0 Å². The Kier molecular flexibility index (Phi) is 4.76. The molecule has 1 aromatic heterocycles. The van der Waals surface area contributed by atoms with Crippen LogP contribution in [0.1, 0.15) is 34.1 Å². The predicted molar refractivity (Wildman–Crippen MR) is 106 cm³/mol. The lowest BCUT2D eigenvalue weighted by Gasteiger charge is -2.16. The van der Waals surface area contributed by atoms with E-state index in [1.165, 1.54) is 5.56 Å². The first-order valence-corrected chi connectivity index (χ1v) is 9.72. The van der Waals surface area contributed by atoms with Gasteiger partial charge in [-0.25, -0.2) is 0 Å². The highest BCUT2D eigenvalue weighted by molar-refractivity contribution is 7.17. The largest absolute Gasteiger partial charge is 0.488 e. The van der Waals surface area contributed by atoms with Crippen LogP contribution in [0.15, 0.2) is 60.7 Å². The molecule has 3 nitrogen and oxygen atoms in total. The van der Waals surface area contributed by atoms with Crippen LogP contribution in [0.4, 0.5) is 0 Å². The van der Waals surface area contributed by atoms with Gasteiger partial charge >= 0.3 is 0 Å². The number of para-hydroxylation sites is 1. The molecule has 0 spiro atoms. The number of rotatable bonds is 5.